The zero-order chi connectivity index (χ0) is 17.1. The largest absolute Gasteiger partial charge is 0.482 e. The number of benzene rings is 2. The molecule has 0 atom stereocenters. The second-order valence-electron chi connectivity index (χ2n) is 5.43. The number of hydrogen-bond acceptors (Lipinski definition) is 3. The van der Waals surface area contributed by atoms with E-state index < -0.39 is 0 Å². The first-order chi connectivity index (χ1) is 11.5. The van der Waals surface area contributed by atoms with Crippen molar-refractivity contribution in [2.45, 2.75) is 6.54 Å². The SMILES string of the molecule is CN(Cc1ccccc1Br)C(=O)Nc1ccc2c(c1)OCC(=O)N2. The quantitative estimate of drug-likeness (QED) is 0.844. The molecule has 124 valence electrons. The Balaban J connectivity index is 1.66. The van der Waals surface area contributed by atoms with Crippen LogP contribution in [0.2, 0.25) is 0 Å². The van der Waals surface area contributed by atoms with E-state index in [0.29, 0.717) is 23.7 Å². The number of anilines is 2. The molecule has 0 bridgehead atoms. The number of hydrogen-bond donors (Lipinski definition) is 2. The number of nitrogens with one attached hydrogen (secondary N) is 2. The molecule has 7 heteroatoms. The number of urea groups is 1. The topological polar surface area (TPSA) is 70.7 Å². The number of halogens is 1. The molecule has 2 aromatic rings. The lowest BCUT2D eigenvalue weighted by atomic mass is 10.2. The van der Waals surface area contributed by atoms with Gasteiger partial charge in [-0.2, -0.15) is 0 Å². The molecular formula is C17H16BrN3O3. The number of carbonyl (C=O) groups excluding carboxylic acids is 2. The van der Waals surface area contributed by atoms with E-state index in [0.717, 1.165) is 10.0 Å². The standard InChI is InChI=1S/C17H16BrN3O3/c1-21(9-11-4-2-3-5-13(11)18)17(23)19-12-6-7-14-15(8-12)24-10-16(22)20-14/h2-8H,9-10H2,1H3,(H,19,23)(H,20,22). The van der Waals surface area contributed by atoms with Gasteiger partial charge in [-0.05, 0) is 23.8 Å². The maximum absolute atomic E-state index is 12.3. The zero-order valence-electron chi connectivity index (χ0n) is 13.0. The van der Waals surface area contributed by atoms with Crippen LogP contribution in [0.25, 0.3) is 0 Å². The average Bonchev–Trinajstić information content (AvgIpc) is 2.57. The molecule has 0 aromatic heterocycles. The number of ether oxygens (including phenoxy) is 1. The molecule has 0 unspecified atom stereocenters. The van der Waals surface area contributed by atoms with Gasteiger partial charge in [0, 0.05) is 29.8 Å². The van der Waals surface area contributed by atoms with E-state index in [2.05, 4.69) is 26.6 Å². The first kappa shape index (κ1) is 16.3. The highest BCUT2D eigenvalue weighted by molar-refractivity contribution is 9.10. The number of rotatable bonds is 3. The highest BCUT2D eigenvalue weighted by atomic mass is 79.9. The summed E-state index contributed by atoms with van der Waals surface area (Å²) < 4.78 is 6.31. The van der Waals surface area contributed by atoms with Crippen LogP contribution in [0.3, 0.4) is 0 Å². The third kappa shape index (κ3) is 3.68. The second kappa shape index (κ2) is 6.92. The van der Waals surface area contributed by atoms with E-state index >= 15 is 0 Å². The predicted molar refractivity (Wildman–Crippen MR) is 95.2 cm³/mol. The molecule has 2 aromatic carbocycles. The minimum absolute atomic E-state index is 0.0215. The van der Waals surface area contributed by atoms with Crippen molar-refractivity contribution in [1.82, 2.24) is 4.90 Å². The Morgan fingerprint density at radius 2 is 2.12 bits per heavy atom. The van der Waals surface area contributed by atoms with Gasteiger partial charge in [-0.15, -0.1) is 0 Å². The monoisotopic (exact) mass is 389 g/mol. The number of nitrogens with zero attached hydrogens (tertiary/aromatic N) is 1. The lowest BCUT2D eigenvalue weighted by Crippen LogP contribution is -2.31. The van der Waals surface area contributed by atoms with Crippen molar-refractivity contribution in [1.29, 1.82) is 0 Å². The van der Waals surface area contributed by atoms with Gasteiger partial charge in [-0.1, -0.05) is 34.1 Å². The Labute approximate surface area is 147 Å². The molecule has 0 saturated heterocycles. The first-order valence-corrected chi connectivity index (χ1v) is 8.14. The minimum atomic E-state index is -0.231. The van der Waals surface area contributed by atoms with Crippen LogP contribution in [0.5, 0.6) is 5.75 Å². The predicted octanol–water partition coefficient (Wildman–Crippen LogP) is 3.44. The zero-order valence-corrected chi connectivity index (χ0v) is 14.6. The van der Waals surface area contributed by atoms with Crippen molar-refractivity contribution in [3.63, 3.8) is 0 Å². The molecule has 3 rings (SSSR count). The van der Waals surface area contributed by atoms with Crippen molar-refractivity contribution in [2.24, 2.45) is 0 Å². The summed E-state index contributed by atoms with van der Waals surface area (Å²) in [6, 6.07) is 12.7. The molecular weight excluding hydrogens is 374 g/mol. The van der Waals surface area contributed by atoms with Crippen molar-refractivity contribution < 1.29 is 14.3 Å². The van der Waals surface area contributed by atoms with Crippen LogP contribution in [0.1, 0.15) is 5.56 Å². The fourth-order valence-electron chi connectivity index (χ4n) is 2.33. The van der Waals surface area contributed by atoms with Gasteiger partial charge in [0.15, 0.2) is 6.61 Å². The van der Waals surface area contributed by atoms with Crippen LogP contribution < -0.4 is 15.4 Å². The highest BCUT2D eigenvalue weighted by Gasteiger charge is 2.17. The average molecular weight is 390 g/mol. The van der Waals surface area contributed by atoms with E-state index in [-0.39, 0.29) is 18.5 Å². The van der Waals surface area contributed by atoms with Crippen LogP contribution in [0, 0.1) is 0 Å². The van der Waals surface area contributed by atoms with Crippen molar-refractivity contribution in [3.05, 3.63) is 52.5 Å². The summed E-state index contributed by atoms with van der Waals surface area (Å²) in [4.78, 5) is 25.2. The van der Waals surface area contributed by atoms with Gasteiger partial charge in [0.05, 0.1) is 5.69 Å². The van der Waals surface area contributed by atoms with Gasteiger partial charge in [0.1, 0.15) is 5.75 Å². The fourth-order valence-corrected chi connectivity index (χ4v) is 2.74. The summed E-state index contributed by atoms with van der Waals surface area (Å²) in [6.45, 7) is 0.455. The first-order valence-electron chi connectivity index (χ1n) is 7.35. The lowest BCUT2D eigenvalue weighted by Gasteiger charge is -2.21. The van der Waals surface area contributed by atoms with Crippen molar-refractivity contribution >= 4 is 39.2 Å². The van der Waals surface area contributed by atoms with Crippen molar-refractivity contribution in [3.8, 4) is 5.75 Å². The summed E-state index contributed by atoms with van der Waals surface area (Å²) >= 11 is 3.48. The number of carbonyl (C=O) groups is 2. The maximum Gasteiger partial charge on any atom is 0.321 e. The number of amides is 3. The summed E-state index contributed by atoms with van der Waals surface area (Å²) in [5.74, 6) is 0.355. The minimum Gasteiger partial charge on any atom is -0.482 e. The van der Waals surface area contributed by atoms with Crippen LogP contribution >= 0.6 is 15.9 Å². The van der Waals surface area contributed by atoms with Crippen LogP contribution in [0.4, 0.5) is 16.2 Å². The molecule has 0 fully saturated rings. The fraction of sp³-hybridized carbons (Fsp3) is 0.176. The van der Waals surface area contributed by atoms with Gasteiger partial charge >= 0.3 is 6.03 Å². The van der Waals surface area contributed by atoms with Gasteiger partial charge in [0.2, 0.25) is 0 Å². The molecule has 1 aliphatic rings. The normalized spacial score (nSPS) is 12.7. The highest BCUT2D eigenvalue weighted by Crippen LogP contribution is 2.30. The summed E-state index contributed by atoms with van der Waals surface area (Å²) in [7, 11) is 1.73. The molecule has 0 spiro atoms. The third-order valence-corrected chi connectivity index (χ3v) is 4.35. The van der Waals surface area contributed by atoms with Crippen LogP contribution in [-0.4, -0.2) is 30.5 Å². The molecule has 1 heterocycles. The smallest absolute Gasteiger partial charge is 0.321 e. The maximum atomic E-state index is 12.3. The molecule has 3 amide bonds. The molecule has 2 N–H and O–H groups in total. The molecule has 24 heavy (non-hydrogen) atoms. The summed E-state index contributed by atoms with van der Waals surface area (Å²) in [6.07, 6.45) is 0. The van der Waals surface area contributed by atoms with Crippen LogP contribution in [0.15, 0.2) is 46.9 Å². The molecule has 1 aliphatic heterocycles. The Morgan fingerprint density at radius 1 is 1.33 bits per heavy atom. The van der Waals surface area contributed by atoms with Gasteiger partial charge < -0.3 is 20.3 Å². The van der Waals surface area contributed by atoms with E-state index in [1.54, 1.807) is 30.1 Å². The molecule has 0 saturated carbocycles. The van der Waals surface area contributed by atoms with Crippen LogP contribution in [-0.2, 0) is 11.3 Å². The Bertz CT molecular complexity index is 794. The van der Waals surface area contributed by atoms with Gasteiger partial charge in [-0.25, -0.2) is 4.79 Å². The summed E-state index contributed by atoms with van der Waals surface area (Å²) in [5.41, 5.74) is 2.23. The van der Waals surface area contributed by atoms with Gasteiger partial charge in [0.25, 0.3) is 5.91 Å². The molecule has 6 nitrogen and oxygen atoms in total. The van der Waals surface area contributed by atoms with E-state index in [4.69, 9.17) is 4.74 Å². The Morgan fingerprint density at radius 3 is 2.92 bits per heavy atom. The van der Waals surface area contributed by atoms with Crippen molar-refractivity contribution in [2.75, 3.05) is 24.3 Å². The second-order valence-corrected chi connectivity index (χ2v) is 6.28. The van der Waals surface area contributed by atoms with E-state index in [1.807, 2.05) is 24.3 Å². The van der Waals surface area contributed by atoms with E-state index in [9.17, 15) is 9.59 Å². The molecule has 0 radical (unpaired) electrons. The number of fused-ring (bicyclic) bond motifs is 1. The van der Waals surface area contributed by atoms with Gasteiger partial charge in [-0.3, -0.25) is 4.79 Å². The Hall–Kier alpha value is -2.54. The third-order valence-electron chi connectivity index (χ3n) is 3.58. The molecule has 0 aliphatic carbocycles. The lowest BCUT2D eigenvalue weighted by molar-refractivity contribution is -0.118. The summed E-state index contributed by atoms with van der Waals surface area (Å²) in [5, 5.41) is 5.53. The Kier molecular flexibility index (Phi) is 4.71. The van der Waals surface area contributed by atoms with E-state index in [1.165, 1.54) is 0 Å².